The van der Waals surface area contributed by atoms with Gasteiger partial charge in [-0.1, -0.05) is 6.07 Å². The lowest BCUT2D eigenvalue weighted by Crippen LogP contribution is -2.36. The van der Waals surface area contributed by atoms with Gasteiger partial charge in [0.1, 0.15) is 17.3 Å². The third-order valence-electron chi connectivity index (χ3n) is 3.30. The lowest BCUT2D eigenvalue weighted by atomic mass is 10.2. The molecular formula is C16H14FN3O3. The van der Waals surface area contributed by atoms with Crippen LogP contribution >= 0.6 is 0 Å². The molecule has 6 nitrogen and oxygen atoms in total. The first-order chi connectivity index (χ1) is 11.1. The molecule has 0 aliphatic rings. The first-order valence-electron chi connectivity index (χ1n) is 6.98. The van der Waals surface area contributed by atoms with E-state index in [1.54, 1.807) is 24.3 Å². The lowest BCUT2D eigenvalue weighted by Gasteiger charge is -2.04. The number of carbonyl (C=O) groups is 2. The molecule has 0 saturated carbocycles. The number of rotatable bonds is 5. The number of nitrogens with one attached hydrogen (secondary N) is 3. The molecular weight excluding hydrogens is 301 g/mol. The summed E-state index contributed by atoms with van der Waals surface area (Å²) in [5.41, 5.74) is 0.723. The average molecular weight is 315 g/mol. The van der Waals surface area contributed by atoms with Crippen molar-refractivity contribution in [3.63, 3.8) is 0 Å². The van der Waals surface area contributed by atoms with Gasteiger partial charge in [0.15, 0.2) is 0 Å². The van der Waals surface area contributed by atoms with Gasteiger partial charge in [0.2, 0.25) is 5.91 Å². The largest absolute Gasteiger partial charge is 0.467 e. The summed E-state index contributed by atoms with van der Waals surface area (Å²) in [6.45, 7) is 0.0662. The molecule has 118 valence electrons. The molecule has 0 fully saturated rings. The first-order valence-corrected chi connectivity index (χ1v) is 6.98. The smallest absolute Gasteiger partial charge is 0.268 e. The van der Waals surface area contributed by atoms with Gasteiger partial charge in [0.05, 0.1) is 19.4 Å². The van der Waals surface area contributed by atoms with Crippen LogP contribution in [0.4, 0.5) is 4.39 Å². The molecule has 0 aliphatic heterocycles. The summed E-state index contributed by atoms with van der Waals surface area (Å²) < 4.78 is 18.7. The number of aromatic nitrogens is 1. The summed E-state index contributed by atoms with van der Waals surface area (Å²) >= 11 is 0. The lowest BCUT2D eigenvalue weighted by molar-refractivity contribution is -0.120. The number of halogens is 1. The maximum absolute atomic E-state index is 13.6. The van der Waals surface area contributed by atoms with Crippen LogP contribution in [-0.4, -0.2) is 23.3 Å². The first kappa shape index (κ1) is 14.8. The van der Waals surface area contributed by atoms with Gasteiger partial charge in [-0.2, -0.15) is 0 Å². The molecule has 3 N–H and O–H groups in total. The van der Waals surface area contributed by atoms with Gasteiger partial charge >= 0.3 is 0 Å². The molecule has 0 unspecified atom stereocenters. The summed E-state index contributed by atoms with van der Waals surface area (Å²) in [6.07, 6.45) is 1.51. The van der Waals surface area contributed by atoms with Crippen LogP contribution in [0, 0.1) is 5.82 Å². The Labute approximate surface area is 130 Å². The molecule has 0 aliphatic carbocycles. The van der Waals surface area contributed by atoms with E-state index in [1.165, 1.54) is 18.4 Å². The van der Waals surface area contributed by atoms with E-state index in [-0.39, 0.29) is 24.7 Å². The van der Waals surface area contributed by atoms with Gasteiger partial charge in [-0.15, -0.1) is 0 Å². The number of fused-ring (bicyclic) bond motifs is 1. The van der Waals surface area contributed by atoms with Crippen molar-refractivity contribution in [2.24, 2.45) is 0 Å². The normalized spacial score (nSPS) is 10.7. The van der Waals surface area contributed by atoms with E-state index >= 15 is 0 Å². The number of benzene rings is 1. The molecule has 0 radical (unpaired) electrons. The van der Waals surface area contributed by atoms with E-state index < -0.39 is 11.7 Å². The number of H-pyrrole nitrogens is 1. The van der Waals surface area contributed by atoms with Crippen molar-refractivity contribution in [3.05, 3.63) is 59.9 Å². The van der Waals surface area contributed by atoms with Gasteiger partial charge in [-0.3, -0.25) is 9.59 Å². The van der Waals surface area contributed by atoms with Crippen LogP contribution in [0.5, 0.6) is 0 Å². The van der Waals surface area contributed by atoms with Crippen LogP contribution in [0.2, 0.25) is 0 Å². The highest BCUT2D eigenvalue weighted by atomic mass is 19.1. The Morgan fingerprint density at radius 2 is 2.04 bits per heavy atom. The Balaban J connectivity index is 1.55. The Morgan fingerprint density at radius 1 is 1.17 bits per heavy atom. The van der Waals surface area contributed by atoms with Crippen LogP contribution < -0.4 is 10.6 Å². The maximum Gasteiger partial charge on any atom is 0.268 e. The molecule has 0 spiro atoms. The van der Waals surface area contributed by atoms with Gasteiger partial charge in [-0.25, -0.2) is 4.39 Å². The van der Waals surface area contributed by atoms with E-state index in [2.05, 4.69) is 15.6 Å². The molecule has 1 aromatic carbocycles. The minimum Gasteiger partial charge on any atom is -0.467 e. The molecule has 2 amide bonds. The zero-order chi connectivity index (χ0) is 16.2. The zero-order valence-electron chi connectivity index (χ0n) is 12.1. The van der Waals surface area contributed by atoms with Crippen molar-refractivity contribution in [1.82, 2.24) is 15.6 Å². The Morgan fingerprint density at radius 3 is 2.78 bits per heavy atom. The van der Waals surface area contributed by atoms with Crippen molar-refractivity contribution in [2.45, 2.75) is 6.54 Å². The second-order valence-electron chi connectivity index (χ2n) is 4.92. The Bertz CT molecular complexity index is 840. The molecule has 2 aromatic heterocycles. The highest BCUT2D eigenvalue weighted by Crippen LogP contribution is 2.18. The van der Waals surface area contributed by atoms with Crippen molar-refractivity contribution in [3.8, 4) is 0 Å². The predicted molar refractivity (Wildman–Crippen MR) is 81.1 cm³/mol. The minimum absolute atomic E-state index is 0.183. The third-order valence-corrected chi connectivity index (χ3v) is 3.30. The fourth-order valence-corrected chi connectivity index (χ4v) is 2.16. The van der Waals surface area contributed by atoms with Crippen LogP contribution in [0.25, 0.3) is 10.9 Å². The molecule has 3 rings (SSSR count). The van der Waals surface area contributed by atoms with E-state index in [9.17, 15) is 14.0 Å². The van der Waals surface area contributed by atoms with Crippen molar-refractivity contribution >= 4 is 22.7 Å². The highest BCUT2D eigenvalue weighted by molar-refractivity contribution is 5.99. The molecule has 7 heteroatoms. The topological polar surface area (TPSA) is 87.1 Å². The standard InChI is InChI=1S/C16H14FN3O3/c17-12-4-1-5-13-11(12)7-14(20-13)16(22)19-9-15(21)18-8-10-3-2-6-23-10/h1-7,20H,8-9H2,(H,18,21)(H,19,22). The van der Waals surface area contributed by atoms with Crippen LogP contribution in [-0.2, 0) is 11.3 Å². The van der Waals surface area contributed by atoms with Gasteiger partial charge in [0, 0.05) is 10.9 Å². The summed E-state index contributed by atoms with van der Waals surface area (Å²) in [7, 11) is 0. The highest BCUT2D eigenvalue weighted by Gasteiger charge is 2.12. The molecule has 2 heterocycles. The zero-order valence-corrected chi connectivity index (χ0v) is 12.1. The SMILES string of the molecule is O=C(CNC(=O)c1cc2c(F)cccc2[nH]1)NCc1ccco1. The number of hydrogen-bond acceptors (Lipinski definition) is 3. The third kappa shape index (κ3) is 3.39. The Hall–Kier alpha value is -3.09. The van der Waals surface area contributed by atoms with E-state index in [1.807, 2.05) is 0 Å². The van der Waals surface area contributed by atoms with Crippen molar-refractivity contribution < 1.29 is 18.4 Å². The fraction of sp³-hybridized carbons (Fsp3) is 0.125. The quantitative estimate of drug-likeness (QED) is 0.672. The number of furan rings is 1. The summed E-state index contributed by atoms with van der Waals surface area (Å²) in [4.78, 5) is 26.5. The summed E-state index contributed by atoms with van der Waals surface area (Å²) in [5, 5.41) is 5.42. The van der Waals surface area contributed by atoms with Crippen LogP contribution in [0.1, 0.15) is 16.2 Å². The summed E-state index contributed by atoms with van der Waals surface area (Å²) in [5.74, 6) is -0.615. The molecule has 0 saturated heterocycles. The van der Waals surface area contributed by atoms with E-state index in [4.69, 9.17) is 4.42 Å². The number of carbonyl (C=O) groups excluding carboxylic acids is 2. The molecule has 23 heavy (non-hydrogen) atoms. The number of aromatic amines is 1. The van der Waals surface area contributed by atoms with Crippen molar-refractivity contribution in [2.75, 3.05) is 6.54 Å². The molecule has 0 atom stereocenters. The van der Waals surface area contributed by atoms with Crippen LogP contribution in [0.15, 0.2) is 47.1 Å². The second kappa shape index (κ2) is 6.35. The number of amides is 2. The average Bonchev–Trinajstić information content (AvgIpc) is 3.20. The van der Waals surface area contributed by atoms with E-state index in [0.717, 1.165) is 0 Å². The second-order valence-corrected chi connectivity index (χ2v) is 4.92. The predicted octanol–water partition coefficient (Wildman–Crippen LogP) is 1.95. The molecule has 3 aromatic rings. The van der Waals surface area contributed by atoms with Crippen molar-refractivity contribution in [1.29, 1.82) is 0 Å². The van der Waals surface area contributed by atoms with Crippen LogP contribution in [0.3, 0.4) is 0 Å². The monoisotopic (exact) mass is 315 g/mol. The summed E-state index contributed by atoms with van der Waals surface area (Å²) in [6, 6.07) is 9.42. The minimum atomic E-state index is -0.478. The maximum atomic E-state index is 13.6. The fourth-order valence-electron chi connectivity index (χ4n) is 2.16. The number of hydrogen-bond donors (Lipinski definition) is 3. The van der Waals surface area contributed by atoms with Gasteiger partial charge < -0.3 is 20.0 Å². The van der Waals surface area contributed by atoms with Gasteiger partial charge in [-0.05, 0) is 30.3 Å². The molecule has 0 bridgehead atoms. The Kier molecular flexibility index (Phi) is 4.09. The van der Waals surface area contributed by atoms with E-state index in [0.29, 0.717) is 16.7 Å². The van der Waals surface area contributed by atoms with Gasteiger partial charge in [0.25, 0.3) is 5.91 Å².